The summed E-state index contributed by atoms with van der Waals surface area (Å²) in [5.74, 6) is -1.07. The second kappa shape index (κ2) is 6.80. The third kappa shape index (κ3) is 3.99. The van der Waals surface area contributed by atoms with Crippen LogP contribution in [0.1, 0.15) is 23.8 Å². The van der Waals surface area contributed by atoms with Crippen LogP contribution in [0.4, 0.5) is 4.39 Å². The van der Waals surface area contributed by atoms with Crippen LogP contribution in [-0.4, -0.2) is 33.9 Å². The van der Waals surface area contributed by atoms with Gasteiger partial charge in [0.25, 0.3) is 0 Å². The Bertz CT molecular complexity index is 401. The van der Waals surface area contributed by atoms with Crippen LogP contribution in [-0.2, 0) is 6.54 Å². The Balaban J connectivity index is 2.62. The van der Waals surface area contributed by atoms with E-state index < -0.39 is 5.97 Å². The van der Waals surface area contributed by atoms with Gasteiger partial charge >= 0.3 is 5.97 Å². The van der Waals surface area contributed by atoms with Crippen molar-refractivity contribution < 1.29 is 14.3 Å². The number of rotatable bonds is 7. The monoisotopic (exact) mass is 241 g/mol. The number of aromatic carboxylic acids is 1. The minimum absolute atomic E-state index is 0.0554. The first-order chi connectivity index (χ1) is 8.19. The second-order valence-electron chi connectivity index (χ2n) is 3.62. The van der Waals surface area contributed by atoms with Crippen molar-refractivity contribution in [3.05, 3.63) is 29.9 Å². The lowest BCUT2D eigenvalue weighted by Gasteiger charge is -2.08. The summed E-state index contributed by atoms with van der Waals surface area (Å²) in [7, 11) is 0. The molecule has 17 heavy (non-hydrogen) atoms. The molecule has 0 unspecified atom stereocenters. The van der Waals surface area contributed by atoms with Crippen molar-refractivity contribution in [2.24, 2.45) is 0 Å². The van der Waals surface area contributed by atoms with Gasteiger partial charge in [0.1, 0.15) is 5.69 Å². The molecule has 0 radical (unpaired) electrons. The molecule has 0 fully saturated rings. The van der Waals surface area contributed by atoms with Gasteiger partial charge in [-0.15, -0.1) is 0 Å². The van der Waals surface area contributed by atoms with E-state index in [0.717, 1.165) is 13.0 Å². The third-order valence-electron chi connectivity index (χ3n) is 2.22. The van der Waals surface area contributed by atoms with Gasteiger partial charge in [-0.2, -0.15) is 5.10 Å². The molecule has 1 rings (SSSR count). The van der Waals surface area contributed by atoms with Crippen LogP contribution in [0.2, 0.25) is 0 Å². The largest absolute Gasteiger partial charge is 0.477 e. The van der Waals surface area contributed by atoms with Crippen LogP contribution < -0.4 is 5.32 Å². The van der Waals surface area contributed by atoms with Crippen molar-refractivity contribution in [1.29, 1.82) is 0 Å². The Morgan fingerprint density at radius 1 is 1.71 bits per heavy atom. The van der Waals surface area contributed by atoms with Crippen LogP contribution in [0.5, 0.6) is 0 Å². The number of halogens is 1. The molecule has 6 heteroatoms. The van der Waals surface area contributed by atoms with Gasteiger partial charge in [0.05, 0.1) is 12.9 Å². The van der Waals surface area contributed by atoms with Gasteiger partial charge in [0.2, 0.25) is 0 Å². The van der Waals surface area contributed by atoms with Crippen molar-refractivity contribution >= 4 is 5.97 Å². The number of carbonyl (C=O) groups is 1. The van der Waals surface area contributed by atoms with Crippen molar-refractivity contribution in [3.63, 3.8) is 0 Å². The predicted octanol–water partition coefficient (Wildman–Crippen LogP) is 1.43. The third-order valence-corrected chi connectivity index (χ3v) is 2.22. The molecule has 1 aromatic rings. The average molecular weight is 241 g/mol. The van der Waals surface area contributed by atoms with Crippen LogP contribution in [0.15, 0.2) is 24.2 Å². The van der Waals surface area contributed by atoms with E-state index in [2.05, 4.69) is 10.4 Å². The first kappa shape index (κ1) is 13.4. The molecule has 94 valence electrons. The van der Waals surface area contributed by atoms with Crippen molar-refractivity contribution in [1.82, 2.24) is 15.1 Å². The minimum atomic E-state index is -1.07. The van der Waals surface area contributed by atoms with E-state index in [9.17, 15) is 9.18 Å². The van der Waals surface area contributed by atoms with Crippen LogP contribution >= 0.6 is 0 Å². The maximum atomic E-state index is 12.6. The van der Waals surface area contributed by atoms with Gasteiger partial charge in [-0.3, -0.25) is 4.68 Å². The van der Waals surface area contributed by atoms with E-state index in [1.54, 1.807) is 0 Å². The molecule has 0 aliphatic heterocycles. The number of aromatic nitrogens is 2. The van der Waals surface area contributed by atoms with Gasteiger partial charge in [0.15, 0.2) is 0 Å². The second-order valence-corrected chi connectivity index (χ2v) is 3.62. The Hall–Kier alpha value is -1.69. The standard InChI is InChI=1S/C11H16FN3O2/c1-2-4-13-7-9(6-12)8-15-10(11(16)17)3-5-14-15/h3,5-6,13H,2,4,7-8H2,1H3,(H,16,17)/b9-6+. The summed E-state index contributed by atoms with van der Waals surface area (Å²) in [6, 6.07) is 1.39. The molecule has 0 atom stereocenters. The van der Waals surface area contributed by atoms with Crippen LogP contribution in [0.25, 0.3) is 0 Å². The minimum Gasteiger partial charge on any atom is -0.477 e. The summed E-state index contributed by atoms with van der Waals surface area (Å²) in [4.78, 5) is 10.8. The highest BCUT2D eigenvalue weighted by molar-refractivity contribution is 5.85. The molecule has 1 heterocycles. The molecule has 0 saturated heterocycles. The smallest absolute Gasteiger partial charge is 0.354 e. The zero-order chi connectivity index (χ0) is 12.7. The normalized spacial score (nSPS) is 11.8. The van der Waals surface area contributed by atoms with Crippen molar-refractivity contribution in [2.75, 3.05) is 13.1 Å². The zero-order valence-electron chi connectivity index (χ0n) is 9.69. The number of hydrogen-bond acceptors (Lipinski definition) is 3. The highest BCUT2D eigenvalue weighted by Crippen LogP contribution is 2.04. The molecule has 0 bridgehead atoms. The van der Waals surface area contributed by atoms with Crippen molar-refractivity contribution in [3.8, 4) is 0 Å². The molecule has 0 saturated carbocycles. The lowest BCUT2D eigenvalue weighted by molar-refractivity contribution is 0.0684. The molecule has 1 aromatic heterocycles. The molecule has 0 spiro atoms. The number of carboxylic acid groups (broad SMARTS) is 1. The fraction of sp³-hybridized carbons (Fsp3) is 0.455. The fourth-order valence-electron chi connectivity index (χ4n) is 1.39. The molecule has 5 nitrogen and oxygen atoms in total. The summed E-state index contributed by atoms with van der Waals surface area (Å²) in [5.41, 5.74) is 0.518. The Morgan fingerprint density at radius 3 is 3.06 bits per heavy atom. The first-order valence-corrected chi connectivity index (χ1v) is 5.43. The van der Waals surface area contributed by atoms with Crippen molar-refractivity contribution in [2.45, 2.75) is 19.9 Å². The molecule has 0 aromatic carbocycles. The predicted molar refractivity (Wildman–Crippen MR) is 61.5 cm³/mol. The topological polar surface area (TPSA) is 67.2 Å². The van der Waals surface area contributed by atoms with E-state index in [-0.39, 0.29) is 12.2 Å². The summed E-state index contributed by atoms with van der Waals surface area (Å²) in [6.07, 6.45) is 2.84. The zero-order valence-corrected chi connectivity index (χ0v) is 9.69. The molecule has 0 aliphatic carbocycles. The fourth-order valence-corrected chi connectivity index (χ4v) is 1.39. The lowest BCUT2D eigenvalue weighted by atomic mass is 10.3. The number of hydrogen-bond donors (Lipinski definition) is 2. The van der Waals surface area contributed by atoms with Crippen LogP contribution in [0.3, 0.4) is 0 Å². The lowest BCUT2D eigenvalue weighted by Crippen LogP contribution is -2.21. The quantitative estimate of drug-likeness (QED) is 0.709. The van der Waals surface area contributed by atoms with Gasteiger partial charge in [-0.05, 0) is 24.6 Å². The van der Waals surface area contributed by atoms with Gasteiger partial charge < -0.3 is 10.4 Å². The Morgan fingerprint density at radius 2 is 2.47 bits per heavy atom. The summed E-state index contributed by atoms with van der Waals surface area (Å²) >= 11 is 0. The summed E-state index contributed by atoms with van der Waals surface area (Å²) in [6.45, 7) is 3.34. The summed E-state index contributed by atoms with van der Waals surface area (Å²) in [5, 5.41) is 15.8. The maximum absolute atomic E-state index is 12.6. The maximum Gasteiger partial charge on any atom is 0.354 e. The van der Waals surface area contributed by atoms with Gasteiger partial charge in [-0.25, -0.2) is 9.18 Å². The molecular weight excluding hydrogens is 225 g/mol. The van der Waals surface area contributed by atoms with Gasteiger partial charge in [-0.1, -0.05) is 6.92 Å². The van der Waals surface area contributed by atoms with Crippen LogP contribution in [0, 0.1) is 0 Å². The van der Waals surface area contributed by atoms with Gasteiger partial charge in [0, 0.05) is 12.7 Å². The Labute approximate surface area is 98.9 Å². The first-order valence-electron chi connectivity index (χ1n) is 5.43. The highest BCUT2D eigenvalue weighted by Gasteiger charge is 2.11. The van der Waals surface area contributed by atoms with E-state index in [1.165, 1.54) is 16.9 Å². The van der Waals surface area contributed by atoms with E-state index in [4.69, 9.17) is 5.11 Å². The number of nitrogens with zero attached hydrogens (tertiary/aromatic N) is 2. The van der Waals surface area contributed by atoms with E-state index in [1.807, 2.05) is 6.92 Å². The Kier molecular flexibility index (Phi) is 5.35. The molecule has 0 amide bonds. The van der Waals surface area contributed by atoms with E-state index >= 15 is 0 Å². The average Bonchev–Trinajstić information content (AvgIpc) is 2.76. The number of nitrogens with one attached hydrogen (secondary N) is 1. The number of carboxylic acids is 1. The molecule has 0 aliphatic rings. The molecular formula is C11H16FN3O2. The summed E-state index contributed by atoms with van der Waals surface area (Å²) < 4.78 is 13.9. The SMILES string of the molecule is CCCNC/C(=C\F)Cn1nccc1C(=O)O. The highest BCUT2D eigenvalue weighted by atomic mass is 19.1. The van der Waals surface area contributed by atoms with E-state index in [0.29, 0.717) is 18.4 Å². The molecule has 2 N–H and O–H groups in total.